The van der Waals surface area contributed by atoms with Crippen LogP contribution in [0.15, 0.2) is 48.7 Å². The van der Waals surface area contributed by atoms with Crippen LogP contribution in [0.2, 0.25) is 0 Å². The molecule has 5 rings (SSSR count). The number of benzene rings is 2. The zero-order chi connectivity index (χ0) is 23.5. The van der Waals surface area contributed by atoms with Crippen LogP contribution < -0.4 is 9.47 Å². The SMILES string of the molecule is COc1cc2nc(-c3[nH]ncc3CC(=O)C3CCN(Cc4ccccc4)CC3)[nH]c2cc1OC. The molecule has 0 bridgehead atoms. The molecule has 2 aromatic heterocycles. The van der Waals surface area contributed by atoms with E-state index in [1.165, 1.54) is 5.56 Å². The minimum absolute atomic E-state index is 0.0824. The Morgan fingerprint density at radius 3 is 2.56 bits per heavy atom. The molecule has 1 fully saturated rings. The minimum atomic E-state index is 0.0824. The van der Waals surface area contributed by atoms with Crippen molar-refractivity contribution < 1.29 is 14.3 Å². The summed E-state index contributed by atoms with van der Waals surface area (Å²) < 4.78 is 10.8. The quantitative estimate of drug-likeness (QED) is 0.414. The van der Waals surface area contributed by atoms with Crippen molar-refractivity contribution in [3.05, 3.63) is 59.8 Å². The zero-order valence-electron chi connectivity index (χ0n) is 19.5. The van der Waals surface area contributed by atoms with Crippen molar-refractivity contribution in [3.8, 4) is 23.0 Å². The van der Waals surface area contributed by atoms with Gasteiger partial charge in [-0.05, 0) is 31.5 Å². The van der Waals surface area contributed by atoms with Crippen LogP contribution >= 0.6 is 0 Å². The lowest BCUT2D eigenvalue weighted by Crippen LogP contribution is -2.36. The van der Waals surface area contributed by atoms with Crippen LogP contribution in [0.25, 0.3) is 22.6 Å². The first-order valence-electron chi connectivity index (χ1n) is 11.6. The lowest BCUT2D eigenvalue weighted by atomic mass is 9.89. The molecule has 34 heavy (non-hydrogen) atoms. The van der Waals surface area contributed by atoms with Crippen LogP contribution in [0.4, 0.5) is 0 Å². The highest BCUT2D eigenvalue weighted by molar-refractivity contribution is 5.86. The molecule has 8 nitrogen and oxygen atoms in total. The number of ketones is 1. The standard InChI is InChI=1S/C26H29N5O3/c1-33-23-13-20-21(14-24(23)34-2)29-26(28-20)25-19(15-27-30-25)12-22(32)18-8-10-31(11-9-18)16-17-6-4-3-5-7-17/h3-7,13-15,18H,8-12,16H2,1-2H3,(H,27,30)(H,28,29). The van der Waals surface area contributed by atoms with Crippen molar-refractivity contribution in [1.82, 2.24) is 25.1 Å². The van der Waals surface area contributed by atoms with Gasteiger partial charge in [0.2, 0.25) is 0 Å². The number of hydrogen-bond donors (Lipinski definition) is 2. The van der Waals surface area contributed by atoms with Crippen LogP contribution in [0, 0.1) is 5.92 Å². The van der Waals surface area contributed by atoms with E-state index in [1.807, 2.05) is 18.2 Å². The van der Waals surface area contributed by atoms with Gasteiger partial charge in [0.05, 0.1) is 31.4 Å². The van der Waals surface area contributed by atoms with E-state index in [4.69, 9.17) is 9.47 Å². The van der Waals surface area contributed by atoms with Crippen molar-refractivity contribution >= 4 is 16.8 Å². The average molecular weight is 460 g/mol. The third kappa shape index (κ3) is 4.54. The molecule has 176 valence electrons. The van der Waals surface area contributed by atoms with Crippen LogP contribution in [0.1, 0.15) is 24.0 Å². The maximum absolute atomic E-state index is 13.1. The molecule has 1 aliphatic heterocycles. The predicted molar refractivity (Wildman–Crippen MR) is 130 cm³/mol. The number of ether oxygens (including phenoxy) is 2. The van der Waals surface area contributed by atoms with E-state index in [1.54, 1.807) is 20.4 Å². The van der Waals surface area contributed by atoms with Gasteiger partial charge in [-0.3, -0.25) is 14.8 Å². The first kappa shape index (κ1) is 22.2. The number of H-pyrrole nitrogens is 2. The third-order valence-electron chi connectivity index (χ3n) is 6.60. The van der Waals surface area contributed by atoms with Gasteiger partial charge >= 0.3 is 0 Å². The normalized spacial score (nSPS) is 15.0. The van der Waals surface area contributed by atoms with Crippen molar-refractivity contribution in [2.24, 2.45) is 5.92 Å². The van der Waals surface area contributed by atoms with Crippen molar-refractivity contribution in [1.29, 1.82) is 0 Å². The highest BCUT2D eigenvalue weighted by Crippen LogP contribution is 2.33. The molecule has 0 amide bonds. The Labute approximate surface area is 198 Å². The molecule has 4 aromatic rings. The average Bonchev–Trinajstić information content (AvgIpc) is 3.50. The molecule has 0 aliphatic carbocycles. The number of piperidine rings is 1. The fraction of sp³-hybridized carbons (Fsp3) is 0.346. The summed E-state index contributed by atoms with van der Waals surface area (Å²) in [5.41, 5.74) is 4.49. The van der Waals surface area contributed by atoms with E-state index in [9.17, 15) is 4.79 Å². The molecule has 0 radical (unpaired) electrons. The summed E-state index contributed by atoms with van der Waals surface area (Å²) in [6, 6.07) is 14.2. The molecule has 8 heteroatoms. The number of imidazole rings is 1. The highest BCUT2D eigenvalue weighted by atomic mass is 16.5. The van der Waals surface area contributed by atoms with Crippen LogP contribution in [-0.4, -0.2) is 58.2 Å². The first-order chi connectivity index (χ1) is 16.6. The first-order valence-corrected chi connectivity index (χ1v) is 11.6. The maximum atomic E-state index is 13.1. The van der Waals surface area contributed by atoms with Gasteiger partial charge in [-0.1, -0.05) is 30.3 Å². The molecule has 0 atom stereocenters. The molecule has 2 aromatic carbocycles. The van der Waals surface area contributed by atoms with Crippen LogP contribution in [0.3, 0.4) is 0 Å². The summed E-state index contributed by atoms with van der Waals surface area (Å²) >= 11 is 0. The van der Waals surface area contributed by atoms with Gasteiger partial charge in [0.15, 0.2) is 17.3 Å². The van der Waals surface area contributed by atoms with Gasteiger partial charge in [0.25, 0.3) is 0 Å². The number of nitrogens with one attached hydrogen (secondary N) is 2. The number of carbonyl (C=O) groups excluding carboxylic acids is 1. The van der Waals surface area contributed by atoms with Gasteiger partial charge in [0, 0.05) is 36.6 Å². The van der Waals surface area contributed by atoms with E-state index in [0.29, 0.717) is 23.7 Å². The summed E-state index contributed by atoms with van der Waals surface area (Å²) in [4.78, 5) is 23.6. The number of likely N-dealkylation sites (tertiary alicyclic amines) is 1. The lowest BCUT2D eigenvalue weighted by Gasteiger charge is -2.31. The van der Waals surface area contributed by atoms with Gasteiger partial charge in [-0.25, -0.2) is 4.98 Å². The number of methoxy groups -OCH3 is 2. The van der Waals surface area contributed by atoms with Gasteiger partial charge in [-0.2, -0.15) is 5.10 Å². The smallest absolute Gasteiger partial charge is 0.163 e. The molecule has 1 aliphatic rings. The topological polar surface area (TPSA) is 96.1 Å². The Hall–Kier alpha value is -3.65. The van der Waals surface area contributed by atoms with Gasteiger partial charge in [0.1, 0.15) is 11.5 Å². The number of hydrogen-bond acceptors (Lipinski definition) is 6. The van der Waals surface area contributed by atoms with Crippen molar-refractivity contribution in [2.75, 3.05) is 27.3 Å². The number of rotatable bonds is 8. The lowest BCUT2D eigenvalue weighted by molar-refractivity contribution is -0.123. The fourth-order valence-electron chi connectivity index (χ4n) is 4.69. The highest BCUT2D eigenvalue weighted by Gasteiger charge is 2.26. The Kier molecular flexibility index (Phi) is 6.31. The largest absolute Gasteiger partial charge is 0.493 e. The number of Topliss-reactive ketones (excluding diaryl/α,β-unsaturated/α-hetero) is 1. The van der Waals surface area contributed by atoms with E-state index in [2.05, 4.69) is 49.3 Å². The number of carbonyl (C=O) groups is 1. The zero-order valence-corrected chi connectivity index (χ0v) is 19.5. The summed E-state index contributed by atoms with van der Waals surface area (Å²) in [5, 5.41) is 7.21. The molecule has 0 spiro atoms. The monoisotopic (exact) mass is 459 g/mol. The Morgan fingerprint density at radius 2 is 1.82 bits per heavy atom. The Bertz CT molecular complexity index is 1230. The maximum Gasteiger partial charge on any atom is 0.163 e. The van der Waals surface area contributed by atoms with E-state index in [-0.39, 0.29) is 11.7 Å². The molecule has 0 unspecified atom stereocenters. The Balaban J connectivity index is 1.25. The number of nitrogens with zero attached hydrogens (tertiary/aromatic N) is 3. The minimum Gasteiger partial charge on any atom is -0.493 e. The second-order valence-corrected chi connectivity index (χ2v) is 8.76. The summed E-state index contributed by atoms with van der Waals surface area (Å²) in [5.74, 6) is 2.24. The fourth-order valence-corrected chi connectivity index (χ4v) is 4.69. The summed E-state index contributed by atoms with van der Waals surface area (Å²) in [6.07, 6.45) is 3.86. The number of aromatic nitrogens is 4. The van der Waals surface area contributed by atoms with Gasteiger partial charge < -0.3 is 14.5 Å². The second kappa shape index (κ2) is 9.69. The molecule has 1 saturated heterocycles. The molecule has 0 saturated carbocycles. The van der Waals surface area contributed by atoms with Gasteiger partial charge in [-0.15, -0.1) is 0 Å². The predicted octanol–water partition coefficient (Wildman–Crippen LogP) is 3.99. The van der Waals surface area contributed by atoms with Crippen LogP contribution in [0.5, 0.6) is 11.5 Å². The molecular formula is C26H29N5O3. The summed E-state index contributed by atoms with van der Waals surface area (Å²) in [7, 11) is 3.20. The molecule has 2 N–H and O–H groups in total. The van der Waals surface area contributed by atoms with Crippen LogP contribution in [-0.2, 0) is 17.8 Å². The number of fused-ring (bicyclic) bond motifs is 1. The second-order valence-electron chi connectivity index (χ2n) is 8.76. The van der Waals surface area contributed by atoms with E-state index >= 15 is 0 Å². The summed E-state index contributed by atoms with van der Waals surface area (Å²) in [6.45, 7) is 2.82. The van der Waals surface area contributed by atoms with E-state index in [0.717, 1.165) is 54.8 Å². The van der Waals surface area contributed by atoms with Crippen molar-refractivity contribution in [2.45, 2.75) is 25.8 Å². The number of aromatic amines is 2. The Morgan fingerprint density at radius 1 is 1.09 bits per heavy atom. The molecule has 3 heterocycles. The van der Waals surface area contributed by atoms with Crippen molar-refractivity contribution in [3.63, 3.8) is 0 Å². The van der Waals surface area contributed by atoms with E-state index < -0.39 is 0 Å². The third-order valence-corrected chi connectivity index (χ3v) is 6.60. The molecular weight excluding hydrogens is 430 g/mol.